The number of amides is 2. The second kappa shape index (κ2) is 16.4. The first-order valence-corrected chi connectivity index (χ1v) is 20.1. The fraction of sp³-hybridized carbons (Fsp3) is 0.370. The predicted molar refractivity (Wildman–Crippen MR) is 224 cm³/mol. The van der Waals surface area contributed by atoms with Crippen LogP contribution in [0.4, 0.5) is 0 Å². The van der Waals surface area contributed by atoms with Gasteiger partial charge in [-0.15, -0.1) is 0 Å². The summed E-state index contributed by atoms with van der Waals surface area (Å²) in [7, 11) is 7.85. The van der Waals surface area contributed by atoms with Gasteiger partial charge in [-0.3, -0.25) is 29.4 Å². The SMILES string of the molecule is Cc1cc(-c2cnc([C@@H]3CCCN3C(=O)[C@@H](c3ccccc3)N(C)C)[nH]2)ccc1-c1ccc(C2CN=C([C@@H]3CCCN3C(=O)[C@@H](c3ccccc3)N(C)C)N2)cn1. The number of aromatic amines is 1. The molecule has 0 bridgehead atoms. The summed E-state index contributed by atoms with van der Waals surface area (Å²) in [6.07, 6.45) is 7.51. The zero-order chi connectivity index (χ0) is 39.6. The minimum Gasteiger partial charge on any atom is -0.363 e. The van der Waals surface area contributed by atoms with Crippen molar-refractivity contribution in [1.29, 1.82) is 0 Å². The number of likely N-dealkylation sites (N-methyl/N-ethyl adjacent to an activating group) is 2. The van der Waals surface area contributed by atoms with E-state index in [1.807, 2.05) is 121 Å². The molecule has 5 aromatic rings. The molecule has 0 radical (unpaired) electrons. The lowest BCUT2D eigenvalue weighted by Gasteiger charge is -2.32. The minimum absolute atomic E-state index is 0.00843. The van der Waals surface area contributed by atoms with Crippen molar-refractivity contribution in [1.82, 2.24) is 39.9 Å². The number of aliphatic imine (C=N–C) groups is 1. The number of nitrogens with one attached hydrogen (secondary N) is 2. The van der Waals surface area contributed by atoms with Gasteiger partial charge in [0.2, 0.25) is 11.8 Å². The molecule has 294 valence electrons. The molecule has 2 fully saturated rings. The summed E-state index contributed by atoms with van der Waals surface area (Å²) in [5.41, 5.74) is 8.12. The van der Waals surface area contributed by atoms with Crippen molar-refractivity contribution >= 4 is 17.6 Å². The second-order valence-corrected chi connectivity index (χ2v) is 16.0. The van der Waals surface area contributed by atoms with Crippen molar-refractivity contribution in [2.24, 2.45) is 4.99 Å². The molecule has 1 unspecified atom stereocenters. The molecule has 0 aliphatic carbocycles. The highest BCUT2D eigenvalue weighted by atomic mass is 16.2. The monoisotopic (exact) mass is 763 g/mol. The van der Waals surface area contributed by atoms with Gasteiger partial charge < -0.3 is 20.1 Å². The molecule has 2 N–H and O–H groups in total. The van der Waals surface area contributed by atoms with Gasteiger partial charge >= 0.3 is 0 Å². The van der Waals surface area contributed by atoms with E-state index in [4.69, 9.17) is 15.0 Å². The summed E-state index contributed by atoms with van der Waals surface area (Å²) in [4.78, 5) is 54.1. The van der Waals surface area contributed by atoms with E-state index in [1.54, 1.807) is 0 Å². The van der Waals surface area contributed by atoms with Crippen LogP contribution in [0.25, 0.3) is 22.5 Å². The highest BCUT2D eigenvalue weighted by Gasteiger charge is 2.40. The number of aromatic nitrogens is 3. The third-order valence-electron chi connectivity index (χ3n) is 11.8. The lowest BCUT2D eigenvalue weighted by atomic mass is 10.00. The summed E-state index contributed by atoms with van der Waals surface area (Å²) >= 11 is 0. The molecule has 2 amide bonds. The molecule has 3 aliphatic heterocycles. The summed E-state index contributed by atoms with van der Waals surface area (Å²) in [6.45, 7) is 4.17. The second-order valence-electron chi connectivity index (χ2n) is 16.0. The number of benzene rings is 3. The highest BCUT2D eigenvalue weighted by molar-refractivity contribution is 5.95. The topological polar surface area (TPSA) is 113 Å². The number of H-pyrrole nitrogens is 1. The maximum Gasteiger partial charge on any atom is 0.245 e. The number of hydrogen-bond acceptors (Lipinski definition) is 8. The molecule has 57 heavy (non-hydrogen) atoms. The Morgan fingerprint density at radius 2 is 1.35 bits per heavy atom. The van der Waals surface area contributed by atoms with Gasteiger partial charge in [0.1, 0.15) is 23.7 Å². The Hall–Kier alpha value is -5.65. The number of pyridine rings is 1. The molecule has 5 heterocycles. The van der Waals surface area contributed by atoms with Gasteiger partial charge in [0, 0.05) is 24.8 Å². The summed E-state index contributed by atoms with van der Waals surface area (Å²) in [6, 6.07) is 29.8. The van der Waals surface area contributed by atoms with Crippen LogP contribution in [0.1, 0.15) is 77.9 Å². The number of imidazole rings is 1. The van der Waals surface area contributed by atoms with Crippen LogP contribution in [-0.2, 0) is 9.59 Å². The zero-order valence-electron chi connectivity index (χ0n) is 33.6. The van der Waals surface area contributed by atoms with E-state index >= 15 is 0 Å². The fourth-order valence-electron chi connectivity index (χ4n) is 8.93. The molecular formula is C46H53N9O2. The Morgan fingerprint density at radius 3 is 1.93 bits per heavy atom. The van der Waals surface area contributed by atoms with Crippen LogP contribution in [0.5, 0.6) is 0 Å². The molecule has 11 nitrogen and oxygen atoms in total. The van der Waals surface area contributed by atoms with Crippen molar-refractivity contribution in [3.05, 3.63) is 131 Å². The number of nitrogens with zero attached hydrogens (tertiary/aromatic N) is 7. The molecule has 3 aromatic carbocycles. The molecule has 8 rings (SSSR count). The molecule has 3 aliphatic rings. The lowest BCUT2D eigenvalue weighted by molar-refractivity contribution is -0.137. The molecule has 2 saturated heterocycles. The van der Waals surface area contributed by atoms with Crippen LogP contribution in [0.3, 0.4) is 0 Å². The summed E-state index contributed by atoms with van der Waals surface area (Å²) in [5.74, 6) is 1.94. The Balaban J connectivity index is 0.918. The van der Waals surface area contributed by atoms with Crippen LogP contribution in [0, 0.1) is 6.92 Å². The van der Waals surface area contributed by atoms with E-state index in [9.17, 15) is 9.59 Å². The zero-order valence-corrected chi connectivity index (χ0v) is 33.6. The van der Waals surface area contributed by atoms with Crippen molar-refractivity contribution in [2.45, 2.75) is 62.8 Å². The van der Waals surface area contributed by atoms with E-state index in [-0.39, 0.29) is 42.0 Å². The molecule has 0 saturated carbocycles. The first-order chi connectivity index (χ1) is 27.7. The van der Waals surface area contributed by atoms with Gasteiger partial charge in [-0.2, -0.15) is 0 Å². The number of hydrogen-bond donors (Lipinski definition) is 2. The van der Waals surface area contributed by atoms with Gasteiger partial charge in [-0.25, -0.2) is 4.98 Å². The normalized spacial score (nSPS) is 20.5. The van der Waals surface area contributed by atoms with Crippen molar-refractivity contribution in [2.75, 3.05) is 47.8 Å². The van der Waals surface area contributed by atoms with E-state index in [2.05, 4.69) is 47.6 Å². The number of rotatable bonds is 11. The van der Waals surface area contributed by atoms with Gasteiger partial charge in [-0.05, 0) is 101 Å². The lowest BCUT2D eigenvalue weighted by Crippen LogP contribution is -2.48. The maximum atomic E-state index is 14.0. The number of aryl methyl sites for hydroxylation is 1. The Kier molecular flexibility index (Phi) is 11.0. The third kappa shape index (κ3) is 7.74. The summed E-state index contributed by atoms with van der Waals surface area (Å²) < 4.78 is 0. The standard InChI is InChI=1S/C46H53N9O2/c1-30-26-33(37-28-48-43(50-37)39-18-12-24-54(39)45(56)41(52(2)3)31-14-8-6-9-15-31)20-22-35(30)36-23-21-34(27-47-36)38-29-49-44(51-38)40-19-13-25-55(40)46(57)42(53(4)5)32-16-10-7-11-17-32/h6-11,14-17,20-23,26-28,38-42H,12-13,18-19,24-25,29H2,1-5H3,(H,48,50)(H,49,51)/t38?,39-,40-,41+,42+/m0/s1. The minimum atomic E-state index is -0.346. The largest absolute Gasteiger partial charge is 0.363 e. The molecule has 11 heteroatoms. The van der Waals surface area contributed by atoms with Crippen LogP contribution in [-0.4, -0.2) is 106 Å². The molecular weight excluding hydrogens is 711 g/mol. The van der Waals surface area contributed by atoms with E-state index in [0.29, 0.717) is 13.1 Å². The predicted octanol–water partition coefficient (Wildman–Crippen LogP) is 6.75. The average molecular weight is 764 g/mol. The van der Waals surface area contributed by atoms with Gasteiger partial charge in [0.25, 0.3) is 0 Å². The van der Waals surface area contributed by atoms with Crippen LogP contribution < -0.4 is 5.32 Å². The van der Waals surface area contributed by atoms with Crippen LogP contribution in [0.2, 0.25) is 0 Å². The smallest absolute Gasteiger partial charge is 0.245 e. The van der Waals surface area contributed by atoms with Crippen molar-refractivity contribution in [3.63, 3.8) is 0 Å². The number of carbonyl (C=O) groups is 2. The Labute approximate surface area is 335 Å². The van der Waals surface area contributed by atoms with Gasteiger partial charge in [-0.1, -0.05) is 78.9 Å². The molecule has 0 spiro atoms. The fourth-order valence-corrected chi connectivity index (χ4v) is 8.93. The van der Waals surface area contributed by atoms with E-state index < -0.39 is 0 Å². The molecule has 5 atom stereocenters. The van der Waals surface area contributed by atoms with Gasteiger partial charge in [0.05, 0.1) is 42.3 Å². The first-order valence-electron chi connectivity index (χ1n) is 20.1. The van der Waals surface area contributed by atoms with E-state index in [0.717, 1.165) is 88.7 Å². The number of carbonyl (C=O) groups excluding carboxylic acids is 2. The maximum absolute atomic E-state index is 14.0. The van der Waals surface area contributed by atoms with Crippen LogP contribution in [0.15, 0.2) is 108 Å². The highest BCUT2D eigenvalue weighted by Crippen LogP contribution is 2.36. The average Bonchev–Trinajstić information content (AvgIpc) is 4.06. The van der Waals surface area contributed by atoms with Gasteiger partial charge in [0.15, 0.2) is 0 Å². The quantitative estimate of drug-likeness (QED) is 0.153. The number of amidine groups is 1. The Morgan fingerprint density at radius 1 is 0.737 bits per heavy atom. The third-order valence-corrected chi connectivity index (χ3v) is 11.8. The van der Waals surface area contributed by atoms with Crippen LogP contribution >= 0.6 is 0 Å². The summed E-state index contributed by atoms with van der Waals surface area (Å²) in [5, 5.41) is 3.66. The molecule has 2 aromatic heterocycles. The van der Waals surface area contributed by atoms with Crippen molar-refractivity contribution in [3.8, 4) is 22.5 Å². The first kappa shape index (κ1) is 38.2. The number of likely N-dealkylation sites (tertiary alicyclic amines) is 2. The Bertz CT molecular complexity index is 2220. The van der Waals surface area contributed by atoms with Crippen molar-refractivity contribution < 1.29 is 9.59 Å². The van der Waals surface area contributed by atoms with E-state index in [1.165, 1.54) is 0 Å².